The molecular weight excluding hydrogens is 306 g/mol. The zero-order valence-electron chi connectivity index (χ0n) is 11.4. The molecule has 0 fully saturated rings. The maximum absolute atomic E-state index is 6.08. The Bertz CT molecular complexity index is 593. The van der Waals surface area contributed by atoms with Crippen LogP contribution in [-0.2, 0) is 13.5 Å². The molecule has 1 heterocycles. The monoisotopic (exact) mass is 323 g/mol. The molecule has 102 valence electrons. The van der Waals surface area contributed by atoms with E-state index >= 15 is 0 Å². The van der Waals surface area contributed by atoms with Crippen molar-refractivity contribution in [1.82, 2.24) is 9.78 Å². The minimum atomic E-state index is 0.740. The van der Waals surface area contributed by atoms with Gasteiger partial charge in [0.1, 0.15) is 11.6 Å². The molecule has 0 spiro atoms. The second kappa shape index (κ2) is 5.65. The molecule has 0 aliphatic carbocycles. The number of anilines is 1. The SMILES string of the molecule is CCCc1c(-c2ccc(OC)c(Br)c2)nn(C)c1N. The van der Waals surface area contributed by atoms with Gasteiger partial charge in [0.2, 0.25) is 0 Å². The zero-order chi connectivity index (χ0) is 14.0. The molecule has 0 bridgehead atoms. The average molecular weight is 324 g/mol. The Hall–Kier alpha value is -1.49. The summed E-state index contributed by atoms with van der Waals surface area (Å²) in [7, 11) is 3.53. The summed E-state index contributed by atoms with van der Waals surface area (Å²) in [6, 6.07) is 5.95. The lowest BCUT2D eigenvalue weighted by atomic mass is 10.0. The van der Waals surface area contributed by atoms with Crippen LogP contribution in [0.5, 0.6) is 5.75 Å². The molecule has 0 aliphatic rings. The lowest BCUT2D eigenvalue weighted by molar-refractivity contribution is 0.412. The lowest BCUT2D eigenvalue weighted by Crippen LogP contribution is -1.99. The van der Waals surface area contributed by atoms with E-state index in [0.29, 0.717) is 0 Å². The number of nitrogens with two attached hydrogens (primary N) is 1. The van der Waals surface area contributed by atoms with Gasteiger partial charge in [-0.2, -0.15) is 5.10 Å². The first-order chi connectivity index (χ1) is 9.08. The Morgan fingerprint density at radius 2 is 2.16 bits per heavy atom. The van der Waals surface area contributed by atoms with Crippen LogP contribution in [0.2, 0.25) is 0 Å². The molecule has 2 aromatic rings. The van der Waals surface area contributed by atoms with Crippen molar-refractivity contribution in [2.75, 3.05) is 12.8 Å². The number of halogens is 1. The maximum atomic E-state index is 6.08. The number of aryl methyl sites for hydroxylation is 1. The van der Waals surface area contributed by atoms with Crippen LogP contribution in [0, 0.1) is 0 Å². The largest absolute Gasteiger partial charge is 0.496 e. The van der Waals surface area contributed by atoms with Gasteiger partial charge in [0, 0.05) is 18.2 Å². The Balaban J connectivity index is 2.52. The van der Waals surface area contributed by atoms with Crippen molar-refractivity contribution in [3.8, 4) is 17.0 Å². The standard InChI is InChI=1S/C14H18BrN3O/c1-4-5-10-13(17-18(2)14(10)16)9-6-7-12(19-3)11(15)8-9/h6-8H,4-5,16H2,1-3H3. The van der Waals surface area contributed by atoms with Gasteiger partial charge in [-0.3, -0.25) is 4.68 Å². The molecule has 19 heavy (non-hydrogen) atoms. The minimum absolute atomic E-state index is 0.740. The lowest BCUT2D eigenvalue weighted by Gasteiger charge is -2.06. The third-order valence-corrected chi connectivity index (χ3v) is 3.74. The second-order valence-electron chi connectivity index (χ2n) is 4.44. The summed E-state index contributed by atoms with van der Waals surface area (Å²) in [5.74, 6) is 1.55. The van der Waals surface area contributed by atoms with Gasteiger partial charge in [0.25, 0.3) is 0 Å². The molecule has 0 saturated carbocycles. The molecular formula is C14H18BrN3O. The van der Waals surface area contributed by atoms with E-state index in [2.05, 4.69) is 28.0 Å². The van der Waals surface area contributed by atoms with Gasteiger partial charge in [0.15, 0.2) is 0 Å². The summed E-state index contributed by atoms with van der Waals surface area (Å²) in [5, 5.41) is 4.53. The van der Waals surface area contributed by atoms with Crippen LogP contribution in [0.4, 0.5) is 5.82 Å². The van der Waals surface area contributed by atoms with E-state index in [1.807, 2.05) is 25.2 Å². The molecule has 0 atom stereocenters. The van der Waals surface area contributed by atoms with Crippen molar-refractivity contribution < 1.29 is 4.74 Å². The van der Waals surface area contributed by atoms with Crippen LogP contribution in [0.1, 0.15) is 18.9 Å². The molecule has 1 aromatic carbocycles. The van der Waals surface area contributed by atoms with E-state index in [9.17, 15) is 0 Å². The summed E-state index contributed by atoms with van der Waals surface area (Å²) < 4.78 is 7.90. The molecule has 1 aromatic heterocycles. The quantitative estimate of drug-likeness (QED) is 0.938. The van der Waals surface area contributed by atoms with Gasteiger partial charge in [-0.1, -0.05) is 13.3 Å². The molecule has 2 rings (SSSR count). The van der Waals surface area contributed by atoms with Crippen molar-refractivity contribution in [2.45, 2.75) is 19.8 Å². The number of hydrogen-bond donors (Lipinski definition) is 1. The molecule has 0 saturated heterocycles. The predicted octanol–water partition coefficient (Wildman–Crippen LogP) is 3.39. The van der Waals surface area contributed by atoms with Gasteiger partial charge < -0.3 is 10.5 Å². The van der Waals surface area contributed by atoms with E-state index in [-0.39, 0.29) is 0 Å². The Kier molecular flexibility index (Phi) is 4.14. The van der Waals surface area contributed by atoms with E-state index < -0.39 is 0 Å². The molecule has 4 nitrogen and oxygen atoms in total. The van der Waals surface area contributed by atoms with E-state index in [1.54, 1.807) is 11.8 Å². The van der Waals surface area contributed by atoms with Crippen molar-refractivity contribution in [3.63, 3.8) is 0 Å². The van der Waals surface area contributed by atoms with Crippen molar-refractivity contribution in [2.24, 2.45) is 7.05 Å². The van der Waals surface area contributed by atoms with Gasteiger partial charge in [-0.05, 0) is 40.5 Å². The Morgan fingerprint density at radius 1 is 1.42 bits per heavy atom. The number of hydrogen-bond acceptors (Lipinski definition) is 3. The number of methoxy groups -OCH3 is 1. The van der Waals surface area contributed by atoms with Gasteiger partial charge >= 0.3 is 0 Å². The fourth-order valence-electron chi connectivity index (χ4n) is 2.12. The molecule has 0 radical (unpaired) electrons. The van der Waals surface area contributed by atoms with Crippen LogP contribution in [0.3, 0.4) is 0 Å². The first-order valence-corrected chi connectivity index (χ1v) is 7.03. The normalized spacial score (nSPS) is 10.7. The number of aromatic nitrogens is 2. The first-order valence-electron chi connectivity index (χ1n) is 6.23. The summed E-state index contributed by atoms with van der Waals surface area (Å²) in [5.41, 5.74) is 9.19. The maximum Gasteiger partial charge on any atom is 0.133 e. The topological polar surface area (TPSA) is 53.1 Å². The number of ether oxygens (including phenoxy) is 1. The predicted molar refractivity (Wildman–Crippen MR) is 81.3 cm³/mol. The van der Waals surface area contributed by atoms with E-state index in [4.69, 9.17) is 10.5 Å². The molecule has 0 aliphatic heterocycles. The number of nitrogens with zero attached hydrogens (tertiary/aromatic N) is 2. The Morgan fingerprint density at radius 3 is 2.74 bits per heavy atom. The van der Waals surface area contributed by atoms with Crippen molar-refractivity contribution in [3.05, 3.63) is 28.2 Å². The third-order valence-electron chi connectivity index (χ3n) is 3.12. The van der Waals surface area contributed by atoms with E-state index in [1.165, 1.54) is 0 Å². The van der Waals surface area contributed by atoms with Crippen LogP contribution < -0.4 is 10.5 Å². The minimum Gasteiger partial charge on any atom is -0.496 e. The van der Waals surface area contributed by atoms with Crippen LogP contribution >= 0.6 is 15.9 Å². The van der Waals surface area contributed by atoms with Crippen molar-refractivity contribution >= 4 is 21.7 Å². The summed E-state index contributed by atoms with van der Waals surface area (Å²) in [6.07, 6.45) is 1.97. The zero-order valence-corrected chi connectivity index (χ0v) is 13.0. The van der Waals surface area contributed by atoms with Crippen LogP contribution in [-0.4, -0.2) is 16.9 Å². The highest BCUT2D eigenvalue weighted by Gasteiger charge is 2.15. The van der Waals surface area contributed by atoms with Crippen molar-refractivity contribution in [1.29, 1.82) is 0 Å². The molecule has 0 unspecified atom stereocenters. The smallest absolute Gasteiger partial charge is 0.133 e. The highest BCUT2D eigenvalue weighted by Crippen LogP contribution is 2.33. The fraction of sp³-hybridized carbons (Fsp3) is 0.357. The molecule has 2 N–H and O–H groups in total. The van der Waals surface area contributed by atoms with Crippen LogP contribution in [0.15, 0.2) is 22.7 Å². The van der Waals surface area contributed by atoms with Gasteiger partial charge in [-0.25, -0.2) is 0 Å². The number of rotatable bonds is 4. The summed E-state index contributed by atoms with van der Waals surface area (Å²) in [6.45, 7) is 2.14. The summed E-state index contributed by atoms with van der Waals surface area (Å²) >= 11 is 3.50. The fourth-order valence-corrected chi connectivity index (χ4v) is 2.66. The average Bonchev–Trinajstić information content (AvgIpc) is 2.67. The third kappa shape index (κ3) is 2.61. The highest BCUT2D eigenvalue weighted by molar-refractivity contribution is 9.10. The summed E-state index contributed by atoms with van der Waals surface area (Å²) in [4.78, 5) is 0. The van der Waals surface area contributed by atoms with E-state index in [0.717, 1.165) is 45.7 Å². The Labute approximate surface area is 121 Å². The second-order valence-corrected chi connectivity index (χ2v) is 5.29. The van der Waals surface area contributed by atoms with Gasteiger partial charge in [-0.15, -0.1) is 0 Å². The van der Waals surface area contributed by atoms with Crippen LogP contribution in [0.25, 0.3) is 11.3 Å². The van der Waals surface area contributed by atoms with Gasteiger partial charge in [0.05, 0.1) is 17.3 Å². The number of nitrogen functional groups attached to an aromatic ring is 1. The molecule has 5 heteroatoms. The molecule has 0 amide bonds. The highest BCUT2D eigenvalue weighted by atomic mass is 79.9. The number of benzene rings is 1. The first kappa shape index (κ1) is 13.9.